The van der Waals surface area contributed by atoms with Crippen LogP contribution in [0, 0.1) is 0 Å². The number of hydrogen-bond acceptors (Lipinski definition) is 4. The standard InChI is InChI=1S/C10H16N2O5/c13-8(3-4-9(14)15)12-10(16)11-6-7-2-1-5-17-7/h7H,1-6H2,(H,14,15)(H2,11,12,13,16). The molecule has 7 nitrogen and oxygen atoms in total. The number of aliphatic carboxylic acids is 1. The van der Waals surface area contributed by atoms with Crippen molar-refractivity contribution in [2.24, 2.45) is 0 Å². The summed E-state index contributed by atoms with van der Waals surface area (Å²) in [5, 5.41) is 12.9. The van der Waals surface area contributed by atoms with Gasteiger partial charge in [0, 0.05) is 19.6 Å². The van der Waals surface area contributed by atoms with Crippen molar-refractivity contribution in [3.05, 3.63) is 0 Å². The van der Waals surface area contributed by atoms with Gasteiger partial charge in [-0.3, -0.25) is 14.9 Å². The second kappa shape index (κ2) is 6.85. The maximum Gasteiger partial charge on any atom is 0.321 e. The molecule has 0 radical (unpaired) electrons. The van der Waals surface area contributed by atoms with Crippen LogP contribution in [0.3, 0.4) is 0 Å². The molecule has 1 aliphatic rings. The fraction of sp³-hybridized carbons (Fsp3) is 0.700. The summed E-state index contributed by atoms with van der Waals surface area (Å²) in [5.74, 6) is -1.67. The normalized spacial score (nSPS) is 18.7. The van der Waals surface area contributed by atoms with Crippen molar-refractivity contribution in [3.8, 4) is 0 Å². The fourth-order valence-electron chi connectivity index (χ4n) is 1.47. The van der Waals surface area contributed by atoms with E-state index in [9.17, 15) is 14.4 Å². The molecule has 0 aromatic heterocycles. The first-order valence-electron chi connectivity index (χ1n) is 5.49. The SMILES string of the molecule is O=C(O)CCC(=O)NC(=O)NCC1CCCO1. The van der Waals surface area contributed by atoms with Gasteiger partial charge in [0.05, 0.1) is 12.5 Å². The van der Waals surface area contributed by atoms with Crippen LogP contribution in [0.4, 0.5) is 4.79 Å². The third-order valence-electron chi connectivity index (χ3n) is 2.33. The van der Waals surface area contributed by atoms with Gasteiger partial charge in [-0.1, -0.05) is 0 Å². The molecule has 1 unspecified atom stereocenters. The van der Waals surface area contributed by atoms with Crippen LogP contribution in [0.1, 0.15) is 25.7 Å². The lowest BCUT2D eigenvalue weighted by Crippen LogP contribution is -2.42. The predicted octanol–water partition coefficient (Wildman–Crippen LogP) is -0.144. The van der Waals surface area contributed by atoms with Crippen LogP contribution < -0.4 is 10.6 Å². The van der Waals surface area contributed by atoms with Gasteiger partial charge < -0.3 is 15.2 Å². The van der Waals surface area contributed by atoms with E-state index in [4.69, 9.17) is 9.84 Å². The van der Waals surface area contributed by atoms with Crippen molar-refractivity contribution >= 4 is 17.9 Å². The first kappa shape index (κ1) is 13.4. The molecule has 0 aromatic carbocycles. The predicted molar refractivity (Wildman–Crippen MR) is 57.4 cm³/mol. The van der Waals surface area contributed by atoms with E-state index in [-0.39, 0.29) is 18.9 Å². The van der Waals surface area contributed by atoms with E-state index in [1.165, 1.54) is 0 Å². The number of carbonyl (C=O) groups excluding carboxylic acids is 2. The average Bonchev–Trinajstić information content (AvgIpc) is 2.76. The van der Waals surface area contributed by atoms with Crippen LogP contribution in [0.5, 0.6) is 0 Å². The van der Waals surface area contributed by atoms with Crippen LogP contribution >= 0.6 is 0 Å². The zero-order chi connectivity index (χ0) is 12.7. The Kier molecular flexibility index (Phi) is 5.41. The van der Waals surface area contributed by atoms with Gasteiger partial charge in [0.1, 0.15) is 0 Å². The van der Waals surface area contributed by atoms with Crippen LogP contribution in [0.2, 0.25) is 0 Å². The number of amides is 3. The van der Waals surface area contributed by atoms with E-state index in [2.05, 4.69) is 10.6 Å². The molecule has 0 aromatic rings. The second-order valence-electron chi connectivity index (χ2n) is 3.79. The highest BCUT2D eigenvalue weighted by Crippen LogP contribution is 2.10. The van der Waals surface area contributed by atoms with Gasteiger partial charge in [-0.2, -0.15) is 0 Å². The summed E-state index contributed by atoms with van der Waals surface area (Å²) in [6, 6.07) is -0.615. The summed E-state index contributed by atoms with van der Waals surface area (Å²) in [4.78, 5) is 32.5. The Balaban J connectivity index is 2.10. The van der Waals surface area contributed by atoms with Gasteiger partial charge >= 0.3 is 12.0 Å². The first-order chi connectivity index (χ1) is 8.08. The van der Waals surface area contributed by atoms with E-state index in [0.717, 1.165) is 12.8 Å². The van der Waals surface area contributed by atoms with Crippen molar-refractivity contribution in [2.45, 2.75) is 31.8 Å². The number of carboxylic acids is 1. The molecule has 96 valence electrons. The molecule has 0 aliphatic carbocycles. The molecule has 1 fully saturated rings. The molecule has 17 heavy (non-hydrogen) atoms. The van der Waals surface area contributed by atoms with Crippen molar-refractivity contribution in [2.75, 3.05) is 13.2 Å². The summed E-state index contributed by atoms with van der Waals surface area (Å²) in [7, 11) is 0. The zero-order valence-corrected chi connectivity index (χ0v) is 9.40. The third-order valence-corrected chi connectivity index (χ3v) is 2.33. The molecule has 0 spiro atoms. The number of rotatable bonds is 5. The molecule has 3 N–H and O–H groups in total. The van der Waals surface area contributed by atoms with Gasteiger partial charge in [-0.15, -0.1) is 0 Å². The Bertz CT molecular complexity index is 299. The summed E-state index contributed by atoms with van der Waals surface area (Å²) in [6.07, 6.45) is 1.39. The van der Waals surface area contributed by atoms with E-state index in [0.29, 0.717) is 13.2 Å². The van der Waals surface area contributed by atoms with E-state index < -0.39 is 17.9 Å². The number of hydrogen-bond donors (Lipinski definition) is 3. The van der Waals surface area contributed by atoms with Crippen LogP contribution in [0.25, 0.3) is 0 Å². The second-order valence-corrected chi connectivity index (χ2v) is 3.79. The number of nitrogens with one attached hydrogen (secondary N) is 2. The van der Waals surface area contributed by atoms with E-state index in [1.54, 1.807) is 0 Å². The third kappa shape index (κ3) is 5.86. The lowest BCUT2D eigenvalue weighted by molar-refractivity contribution is -0.138. The average molecular weight is 244 g/mol. The maximum absolute atomic E-state index is 11.2. The molecular formula is C10H16N2O5. The molecule has 0 bridgehead atoms. The molecular weight excluding hydrogens is 228 g/mol. The van der Waals surface area contributed by atoms with Crippen molar-refractivity contribution in [3.63, 3.8) is 0 Å². The number of imide groups is 1. The Morgan fingerprint density at radius 1 is 1.29 bits per heavy atom. The summed E-state index contributed by atoms with van der Waals surface area (Å²) >= 11 is 0. The Labute approximate surface area is 98.5 Å². The molecule has 3 amide bonds. The zero-order valence-electron chi connectivity index (χ0n) is 9.40. The molecule has 7 heteroatoms. The highest BCUT2D eigenvalue weighted by molar-refractivity contribution is 5.95. The van der Waals surface area contributed by atoms with Gasteiger partial charge in [0.25, 0.3) is 0 Å². The Hall–Kier alpha value is -1.63. The minimum atomic E-state index is -1.07. The molecule has 1 saturated heterocycles. The molecule has 1 rings (SSSR count). The van der Waals surface area contributed by atoms with Gasteiger partial charge in [-0.05, 0) is 12.8 Å². The first-order valence-corrected chi connectivity index (χ1v) is 5.49. The van der Waals surface area contributed by atoms with Gasteiger partial charge in [0.15, 0.2) is 0 Å². The Morgan fingerprint density at radius 3 is 2.65 bits per heavy atom. The highest BCUT2D eigenvalue weighted by atomic mass is 16.5. The molecule has 1 aliphatic heterocycles. The topological polar surface area (TPSA) is 105 Å². The number of urea groups is 1. The molecule has 1 heterocycles. The summed E-state index contributed by atoms with van der Waals surface area (Å²) < 4.78 is 5.28. The molecule has 1 atom stereocenters. The van der Waals surface area contributed by atoms with E-state index in [1.807, 2.05) is 0 Å². The highest BCUT2D eigenvalue weighted by Gasteiger charge is 2.16. The lowest BCUT2D eigenvalue weighted by Gasteiger charge is -2.10. The van der Waals surface area contributed by atoms with Gasteiger partial charge in [-0.25, -0.2) is 4.79 Å². The van der Waals surface area contributed by atoms with Crippen molar-refractivity contribution in [1.29, 1.82) is 0 Å². The van der Waals surface area contributed by atoms with Crippen LogP contribution in [-0.4, -0.2) is 42.3 Å². The maximum atomic E-state index is 11.2. The van der Waals surface area contributed by atoms with Crippen LogP contribution in [0.15, 0.2) is 0 Å². The van der Waals surface area contributed by atoms with Gasteiger partial charge in [0.2, 0.25) is 5.91 Å². The minimum absolute atomic E-state index is 0.00914. The largest absolute Gasteiger partial charge is 0.481 e. The monoisotopic (exact) mass is 244 g/mol. The number of carbonyl (C=O) groups is 3. The minimum Gasteiger partial charge on any atom is -0.481 e. The number of ether oxygens (including phenoxy) is 1. The fourth-order valence-corrected chi connectivity index (χ4v) is 1.47. The van der Waals surface area contributed by atoms with Crippen LogP contribution in [-0.2, 0) is 14.3 Å². The van der Waals surface area contributed by atoms with Crippen molar-refractivity contribution < 1.29 is 24.2 Å². The summed E-state index contributed by atoms with van der Waals surface area (Å²) in [6.45, 7) is 1.06. The number of carboxylic acid groups (broad SMARTS) is 1. The molecule has 0 saturated carbocycles. The Morgan fingerprint density at radius 2 is 2.06 bits per heavy atom. The lowest BCUT2D eigenvalue weighted by atomic mass is 10.2. The quantitative estimate of drug-likeness (QED) is 0.624. The smallest absolute Gasteiger partial charge is 0.321 e. The van der Waals surface area contributed by atoms with Crippen molar-refractivity contribution in [1.82, 2.24) is 10.6 Å². The summed E-state index contributed by atoms with van der Waals surface area (Å²) in [5.41, 5.74) is 0. The van der Waals surface area contributed by atoms with E-state index >= 15 is 0 Å².